The lowest BCUT2D eigenvalue weighted by molar-refractivity contribution is 0.195. The Labute approximate surface area is 118 Å². The van der Waals surface area contributed by atoms with Crippen molar-refractivity contribution in [2.24, 2.45) is 16.8 Å². The SMILES string of the molecule is CCNC(=NCC1CCC(C)CC1)NCCCOC. The van der Waals surface area contributed by atoms with Crippen molar-refractivity contribution in [3.8, 4) is 0 Å². The van der Waals surface area contributed by atoms with E-state index < -0.39 is 0 Å². The minimum atomic E-state index is 0.783. The molecule has 2 N–H and O–H groups in total. The van der Waals surface area contributed by atoms with Gasteiger partial charge in [0.05, 0.1) is 0 Å². The summed E-state index contributed by atoms with van der Waals surface area (Å²) in [7, 11) is 1.74. The Morgan fingerprint density at radius 1 is 1.21 bits per heavy atom. The van der Waals surface area contributed by atoms with E-state index in [1.165, 1.54) is 25.7 Å². The molecule has 1 rings (SSSR count). The highest BCUT2D eigenvalue weighted by Gasteiger charge is 2.17. The summed E-state index contributed by atoms with van der Waals surface area (Å²) >= 11 is 0. The number of aliphatic imine (C=N–C) groups is 1. The number of nitrogens with zero attached hydrogens (tertiary/aromatic N) is 1. The normalized spacial score (nSPS) is 24.3. The van der Waals surface area contributed by atoms with Crippen molar-refractivity contribution in [2.75, 3.05) is 33.4 Å². The van der Waals surface area contributed by atoms with Crippen LogP contribution in [-0.2, 0) is 4.74 Å². The number of methoxy groups -OCH3 is 1. The van der Waals surface area contributed by atoms with E-state index in [1.54, 1.807) is 7.11 Å². The Hall–Kier alpha value is -0.770. The standard InChI is InChI=1S/C15H31N3O/c1-4-16-15(17-10-5-11-19-3)18-12-14-8-6-13(2)7-9-14/h13-14H,4-12H2,1-3H3,(H2,16,17,18). The fraction of sp³-hybridized carbons (Fsp3) is 0.933. The number of hydrogen-bond acceptors (Lipinski definition) is 2. The highest BCUT2D eigenvalue weighted by atomic mass is 16.5. The molecule has 0 heterocycles. The first-order valence-corrected chi connectivity index (χ1v) is 7.77. The van der Waals surface area contributed by atoms with Gasteiger partial charge in [-0.2, -0.15) is 0 Å². The molecule has 4 nitrogen and oxygen atoms in total. The first-order chi connectivity index (χ1) is 9.26. The van der Waals surface area contributed by atoms with Gasteiger partial charge in [-0.25, -0.2) is 0 Å². The van der Waals surface area contributed by atoms with Crippen LogP contribution < -0.4 is 10.6 Å². The first-order valence-electron chi connectivity index (χ1n) is 7.77. The molecule has 0 spiro atoms. The molecule has 0 aromatic heterocycles. The van der Waals surface area contributed by atoms with Crippen LogP contribution in [0, 0.1) is 11.8 Å². The second-order valence-electron chi connectivity index (χ2n) is 5.62. The average molecular weight is 269 g/mol. The molecular weight excluding hydrogens is 238 g/mol. The summed E-state index contributed by atoms with van der Waals surface area (Å²) in [6, 6.07) is 0. The van der Waals surface area contributed by atoms with E-state index in [0.717, 1.165) is 50.5 Å². The minimum absolute atomic E-state index is 0.783. The van der Waals surface area contributed by atoms with Crippen LogP contribution in [0.1, 0.15) is 46.0 Å². The van der Waals surface area contributed by atoms with Crippen molar-refractivity contribution in [3.63, 3.8) is 0 Å². The predicted octanol–water partition coefficient (Wildman–Crippen LogP) is 2.40. The van der Waals surface area contributed by atoms with Crippen LogP contribution in [0.2, 0.25) is 0 Å². The summed E-state index contributed by atoms with van der Waals surface area (Å²) in [5, 5.41) is 6.67. The number of ether oxygens (including phenoxy) is 1. The van der Waals surface area contributed by atoms with Crippen molar-refractivity contribution in [3.05, 3.63) is 0 Å². The van der Waals surface area contributed by atoms with Crippen LogP contribution in [-0.4, -0.2) is 39.3 Å². The van der Waals surface area contributed by atoms with E-state index in [2.05, 4.69) is 24.5 Å². The number of nitrogens with one attached hydrogen (secondary N) is 2. The molecule has 0 aromatic carbocycles. The fourth-order valence-electron chi connectivity index (χ4n) is 2.50. The Morgan fingerprint density at radius 3 is 2.58 bits per heavy atom. The zero-order valence-corrected chi connectivity index (χ0v) is 12.9. The lowest BCUT2D eigenvalue weighted by Gasteiger charge is -2.25. The molecule has 0 unspecified atom stereocenters. The molecule has 1 aliphatic carbocycles. The van der Waals surface area contributed by atoms with Crippen LogP contribution >= 0.6 is 0 Å². The highest BCUT2D eigenvalue weighted by Crippen LogP contribution is 2.28. The van der Waals surface area contributed by atoms with Crippen molar-refractivity contribution in [1.29, 1.82) is 0 Å². The quantitative estimate of drug-likeness (QED) is 0.424. The van der Waals surface area contributed by atoms with Crippen LogP contribution in [0.15, 0.2) is 4.99 Å². The molecule has 0 amide bonds. The van der Waals surface area contributed by atoms with Gasteiger partial charge in [-0.1, -0.05) is 19.8 Å². The van der Waals surface area contributed by atoms with E-state index in [9.17, 15) is 0 Å². The number of rotatable bonds is 7. The smallest absolute Gasteiger partial charge is 0.191 e. The van der Waals surface area contributed by atoms with E-state index in [1.807, 2.05) is 0 Å². The lowest BCUT2D eigenvalue weighted by atomic mass is 9.83. The molecule has 19 heavy (non-hydrogen) atoms. The maximum Gasteiger partial charge on any atom is 0.191 e. The van der Waals surface area contributed by atoms with Gasteiger partial charge in [0.25, 0.3) is 0 Å². The molecule has 1 aliphatic rings. The van der Waals surface area contributed by atoms with E-state index in [-0.39, 0.29) is 0 Å². The Morgan fingerprint density at radius 2 is 1.95 bits per heavy atom. The van der Waals surface area contributed by atoms with E-state index in [4.69, 9.17) is 9.73 Å². The number of hydrogen-bond donors (Lipinski definition) is 2. The first kappa shape index (κ1) is 16.3. The highest BCUT2D eigenvalue weighted by molar-refractivity contribution is 5.79. The molecule has 0 atom stereocenters. The largest absolute Gasteiger partial charge is 0.385 e. The summed E-state index contributed by atoms with van der Waals surface area (Å²) in [5.41, 5.74) is 0. The fourth-order valence-corrected chi connectivity index (χ4v) is 2.50. The van der Waals surface area contributed by atoms with Gasteiger partial charge in [0, 0.05) is 33.4 Å². The molecule has 112 valence electrons. The van der Waals surface area contributed by atoms with Crippen LogP contribution in [0.5, 0.6) is 0 Å². The molecule has 1 saturated carbocycles. The Balaban J connectivity index is 2.26. The van der Waals surface area contributed by atoms with Gasteiger partial charge < -0.3 is 15.4 Å². The molecule has 0 bridgehead atoms. The molecule has 1 fully saturated rings. The Kier molecular flexibility index (Phi) is 8.63. The minimum Gasteiger partial charge on any atom is -0.385 e. The van der Waals surface area contributed by atoms with E-state index in [0.29, 0.717) is 0 Å². The maximum atomic E-state index is 5.05. The summed E-state index contributed by atoms with van der Waals surface area (Å²) in [6.07, 6.45) is 6.44. The molecular formula is C15H31N3O. The third-order valence-electron chi connectivity index (χ3n) is 3.80. The van der Waals surface area contributed by atoms with E-state index >= 15 is 0 Å². The summed E-state index contributed by atoms with van der Waals surface area (Å²) < 4.78 is 5.05. The summed E-state index contributed by atoms with van der Waals surface area (Å²) in [6.45, 7) is 8.06. The maximum absolute atomic E-state index is 5.05. The molecule has 0 radical (unpaired) electrons. The monoisotopic (exact) mass is 269 g/mol. The van der Waals surface area contributed by atoms with Crippen LogP contribution in [0.4, 0.5) is 0 Å². The second-order valence-corrected chi connectivity index (χ2v) is 5.62. The molecule has 0 aromatic rings. The number of guanidine groups is 1. The third kappa shape index (κ3) is 7.41. The summed E-state index contributed by atoms with van der Waals surface area (Å²) in [4.78, 5) is 4.71. The van der Waals surface area contributed by atoms with Crippen molar-refractivity contribution in [1.82, 2.24) is 10.6 Å². The average Bonchev–Trinajstić information content (AvgIpc) is 2.42. The molecule has 0 saturated heterocycles. The topological polar surface area (TPSA) is 45.7 Å². The van der Waals surface area contributed by atoms with Crippen molar-refractivity contribution >= 4 is 5.96 Å². The molecule has 0 aliphatic heterocycles. The molecule has 4 heteroatoms. The van der Waals surface area contributed by atoms with Crippen molar-refractivity contribution in [2.45, 2.75) is 46.0 Å². The zero-order valence-electron chi connectivity index (χ0n) is 12.9. The van der Waals surface area contributed by atoms with Gasteiger partial charge in [0.1, 0.15) is 0 Å². The lowest BCUT2D eigenvalue weighted by Crippen LogP contribution is -2.38. The van der Waals surface area contributed by atoms with Crippen molar-refractivity contribution < 1.29 is 4.74 Å². The van der Waals surface area contributed by atoms with Gasteiger partial charge in [-0.05, 0) is 38.0 Å². The third-order valence-corrected chi connectivity index (χ3v) is 3.80. The predicted molar refractivity (Wildman–Crippen MR) is 81.6 cm³/mol. The zero-order chi connectivity index (χ0) is 13.9. The van der Waals surface area contributed by atoms with Gasteiger partial charge >= 0.3 is 0 Å². The van der Waals surface area contributed by atoms with Crippen LogP contribution in [0.3, 0.4) is 0 Å². The second kappa shape index (κ2) is 10.1. The van der Waals surface area contributed by atoms with Crippen LogP contribution in [0.25, 0.3) is 0 Å². The van der Waals surface area contributed by atoms with Gasteiger partial charge in [0.2, 0.25) is 0 Å². The van der Waals surface area contributed by atoms with Gasteiger partial charge in [0.15, 0.2) is 5.96 Å². The van der Waals surface area contributed by atoms with Gasteiger partial charge in [-0.15, -0.1) is 0 Å². The summed E-state index contributed by atoms with van der Waals surface area (Å²) in [5.74, 6) is 2.66. The Bertz CT molecular complexity index is 248. The van der Waals surface area contributed by atoms with Gasteiger partial charge in [-0.3, -0.25) is 4.99 Å².